The van der Waals surface area contributed by atoms with E-state index in [4.69, 9.17) is 11.6 Å². The van der Waals surface area contributed by atoms with Gasteiger partial charge in [0, 0.05) is 15.2 Å². The highest BCUT2D eigenvalue weighted by Crippen LogP contribution is 2.35. The molecule has 0 amide bonds. The molecule has 0 saturated heterocycles. The van der Waals surface area contributed by atoms with E-state index in [1.807, 2.05) is 30.3 Å². The maximum Gasteiger partial charge on any atom is 0.202 e. The van der Waals surface area contributed by atoms with Crippen molar-refractivity contribution in [1.29, 1.82) is 0 Å². The smallest absolute Gasteiger partial charge is 0.202 e. The van der Waals surface area contributed by atoms with Crippen molar-refractivity contribution in [2.24, 2.45) is 0 Å². The fourth-order valence-electron chi connectivity index (χ4n) is 2.60. The number of para-hydroxylation sites is 2. The lowest BCUT2D eigenvalue weighted by Crippen LogP contribution is -2.02. The van der Waals surface area contributed by atoms with Crippen molar-refractivity contribution in [3.05, 3.63) is 87.0 Å². The van der Waals surface area contributed by atoms with Gasteiger partial charge < -0.3 is 15.0 Å². The van der Waals surface area contributed by atoms with Crippen LogP contribution in [0.3, 0.4) is 0 Å². The largest absolute Gasteiger partial charge is 0.431 e. The zero-order valence-corrected chi connectivity index (χ0v) is 17.9. The van der Waals surface area contributed by atoms with E-state index in [0.717, 1.165) is 10.2 Å². The van der Waals surface area contributed by atoms with Gasteiger partial charge in [0.15, 0.2) is 0 Å². The molecule has 0 aliphatic heterocycles. The van der Waals surface area contributed by atoms with Gasteiger partial charge in [-0.3, -0.25) is 0 Å². The van der Waals surface area contributed by atoms with Crippen molar-refractivity contribution in [2.45, 2.75) is 4.90 Å². The van der Waals surface area contributed by atoms with Gasteiger partial charge in [-0.25, -0.2) is 13.4 Å². The molecule has 146 valence electrons. The fourth-order valence-corrected chi connectivity index (χ4v) is 4.11. The summed E-state index contributed by atoms with van der Waals surface area (Å²) >= 11 is 9.32. The second-order valence-electron chi connectivity index (χ2n) is 6.04. The Morgan fingerprint density at radius 1 is 0.897 bits per heavy atom. The van der Waals surface area contributed by atoms with E-state index in [1.165, 1.54) is 12.1 Å². The molecule has 0 unspecified atom stereocenters. The predicted octanol–water partition coefficient (Wildman–Crippen LogP) is 6.18. The Morgan fingerprint density at radius 2 is 1.59 bits per heavy atom. The Morgan fingerprint density at radius 3 is 2.28 bits per heavy atom. The number of anilines is 2. The number of rotatable bonds is 5. The highest BCUT2D eigenvalue weighted by atomic mass is 79.9. The minimum Gasteiger partial charge on any atom is -0.431 e. The van der Waals surface area contributed by atoms with Crippen LogP contribution >= 0.6 is 27.5 Å². The van der Waals surface area contributed by atoms with Crippen molar-refractivity contribution < 1.29 is 8.42 Å². The molecule has 1 aromatic heterocycles. The monoisotopic (exact) mass is 487 g/mol. The molecule has 3 aromatic carbocycles. The lowest BCUT2D eigenvalue weighted by molar-refractivity contribution is 0.603. The minimum absolute atomic E-state index is 0.0189. The number of benzene rings is 3. The summed E-state index contributed by atoms with van der Waals surface area (Å²) in [6.07, 6.45) is 0. The number of hydrogen-bond donors (Lipinski definition) is 1. The first-order valence-electron chi connectivity index (χ1n) is 8.44. The number of nitrogens with one attached hydrogen (secondary N) is 1. The molecule has 0 bridgehead atoms. The van der Waals surface area contributed by atoms with Gasteiger partial charge in [0.25, 0.3) is 0 Å². The van der Waals surface area contributed by atoms with Gasteiger partial charge >= 0.3 is 0 Å². The SMILES string of the molecule is O=S(=O)([N-]c1nc2ccccc2nc1Nc1ccc(Br)cc1)c1cccc(Cl)c1. The number of hydrogen-bond acceptors (Lipinski definition) is 5. The van der Waals surface area contributed by atoms with Gasteiger partial charge in [-0.05, 0) is 59.9 Å². The molecule has 0 saturated carbocycles. The van der Waals surface area contributed by atoms with Gasteiger partial charge in [0.05, 0.1) is 10.4 Å². The zero-order valence-electron chi connectivity index (χ0n) is 14.8. The molecule has 4 aromatic rings. The fraction of sp³-hybridized carbons (Fsp3) is 0. The highest BCUT2D eigenvalue weighted by molar-refractivity contribution is 9.10. The summed E-state index contributed by atoms with van der Waals surface area (Å²) in [5.74, 6) is 0.197. The van der Waals surface area contributed by atoms with E-state index in [9.17, 15) is 8.42 Å². The first-order valence-corrected chi connectivity index (χ1v) is 11.0. The summed E-state index contributed by atoms with van der Waals surface area (Å²) in [5.41, 5.74) is 1.87. The van der Waals surface area contributed by atoms with Crippen LogP contribution in [0.4, 0.5) is 17.3 Å². The molecule has 0 aliphatic carbocycles. The van der Waals surface area contributed by atoms with Gasteiger partial charge in [0.2, 0.25) is 10.0 Å². The third kappa shape index (κ3) is 4.50. The molecule has 29 heavy (non-hydrogen) atoms. The summed E-state index contributed by atoms with van der Waals surface area (Å²) in [4.78, 5) is 8.91. The van der Waals surface area contributed by atoms with Gasteiger partial charge in [-0.1, -0.05) is 51.8 Å². The molecule has 4 rings (SSSR count). The lowest BCUT2D eigenvalue weighted by atomic mass is 10.3. The van der Waals surface area contributed by atoms with Crippen LogP contribution in [0.5, 0.6) is 0 Å². The molecule has 0 aliphatic rings. The van der Waals surface area contributed by atoms with E-state index in [1.54, 1.807) is 30.3 Å². The summed E-state index contributed by atoms with van der Waals surface area (Å²) < 4.78 is 30.5. The molecule has 1 heterocycles. The molecule has 0 spiro atoms. The Bertz CT molecular complexity index is 1300. The van der Waals surface area contributed by atoms with Gasteiger partial charge in [-0.15, -0.1) is 0 Å². The maximum atomic E-state index is 12.8. The van der Waals surface area contributed by atoms with E-state index >= 15 is 0 Å². The van der Waals surface area contributed by atoms with Crippen LogP contribution in [0.25, 0.3) is 15.8 Å². The summed E-state index contributed by atoms with van der Waals surface area (Å²) in [7, 11) is -4.04. The molecule has 0 fully saturated rings. The van der Waals surface area contributed by atoms with Crippen LogP contribution in [0.2, 0.25) is 5.02 Å². The first-order chi connectivity index (χ1) is 13.9. The predicted molar refractivity (Wildman–Crippen MR) is 119 cm³/mol. The molecular weight excluding hydrogens is 476 g/mol. The third-order valence-corrected chi connectivity index (χ3v) is 5.99. The molecular formula is C20H13BrClN4O2S-. The second kappa shape index (κ2) is 7.98. The number of aromatic nitrogens is 2. The summed E-state index contributed by atoms with van der Waals surface area (Å²) in [6, 6.07) is 20.5. The molecule has 1 N–H and O–H groups in total. The summed E-state index contributed by atoms with van der Waals surface area (Å²) in [6.45, 7) is 0. The highest BCUT2D eigenvalue weighted by Gasteiger charge is 2.13. The average Bonchev–Trinajstić information content (AvgIpc) is 2.70. The van der Waals surface area contributed by atoms with Crippen LogP contribution in [-0.2, 0) is 10.0 Å². The Balaban J connectivity index is 1.78. The van der Waals surface area contributed by atoms with E-state index < -0.39 is 10.0 Å². The van der Waals surface area contributed by atoms with Crippen molar-refractivity contribution in [3.63, 3.8) is 0 Å². The van der Waals surface area contributed by atoms with Crippen molar-refractivity contribution in [3.8, 4) is 0 Å². The lowest BCUT2D eigenvalue weighted by Gasteiger charge is -2.21. The normalized spacial score (nSPS) is 11.4. The summed E-state index contributed by atoms with van der Waals surface area (Å²) in [5, 5.41) is 3.40. The third-order valence-electron chi connectivity index (χ3n) is 3.96. The Kier molecular flexibility index (Phi) is 5.40. The van der Waals surface area contributed by atoms with E-state index in [0.29, 0.717) is 16.1 Å². The topological polar surface area (TPSA) is 86.1 Å². The van der Waals surface area contributed by atoms with Crippen LogP contribution in [-0.4, -0.2) is 18.4 Å². The van der Waals surface area contributed by atoms with Gasteiger partial charge in [-0.2, -0.15) is 0 Å². The minimum atomic E-state index is -4.04. The maximum absolute atomic E-state index is 12.8. The van der Waals surface area contributed by atoms with Gasteiger partial charge in [0.1, 0.15) is 5.82 Å². The molecule has 9 heteroatoms. The molecule has 6 nitrogen and oxygen atoms in total. The van der Waals surface area contributed by atoms with Crippen LogP contribution in [0.1, 0.15) is 0 Å². The first kappa shape index (κ1) is 19.6. The number of fused-ring (bicyclic) bond motifs is 1. The van der Waals surface area contributed by atoms with Crippen molar-refractivity contribution in [1.82, 2.24) is 9.97 Å². The number of sulfonamides is 1. The van der Waals surface area contributed by atoms with E-state index in [2.05, 4.69) is 35.9 Å². The Hall–Kier alpha value is -2.68. The Labute approximate surface area is 181 Å². The van der Waals surface area contributed by atoms with Crippen LogP contribution in [0, 0.1) is 0 Å². The second-order valence-corrected chi connectivity index (χ2v) is 9.00. The van der Waals surface area contributed by atoms with Crippen LogP contribution < -0.4 is 5.32 Å². The van der Waals surface area contributed by atoms with Crippen LogP contribution in [0.15, 0.2) is 82.2 Å². The zero-order chi connectivity index (χ0) is 20.4. The quantitative estimate of drug-likeness (QED) is 0.362. The molecule has 0 radical (unpaired) electrons. The van der Waals surface area contributed by atoms with Crippen molar-refractivity contribution in [2.75, 3.05) is 5.32 Å². The number of halogens is 2. The van der Waals surface area contributed by atoms with E-state index in [-0.39, 0.29) is 16.5 Å². The average molecular weight is 489 g/mol. The number of nitrogens with zero attached hydrogens (tertiary/aromatic N) is 3. The standard InChI is InChI=1S/C20H13BrClN4O2S/c21-13-8-10-15(11-9-13)23-19-20(25-18-7-2-1-6-17(18)24-19)26-29(27,28)16-5-3-4-14(22)12-16/h1-12H,(H-,23,24,25,26)/q-1. The van der Waals surface area contributed by atoms with Crippen molar-refractivity contribution >= 4 is 65.9 Å². The molecule has 0 atom stereocenters.